The average Bonchev–Trinajstić information content (AvgIpc) is 3.68. The monoisotopic (exact) mass is 606 g/mol. The number of anilines is 1. The lowest BCUT2D eigenvalue weighted by Crippen LogP contribution is -2.44. The molecule has 2 aromatic heterocycles. The Kier molecular flexibility index (Phi) is 9.87. The number of nitrogens with zero attached hydrogens (tertiary/aromatic N) is 3. The molecule has 13 nitrogen and oxygen atoms in total. The van der Waals surface area contributed by atoms with Crippen molar-refractivity contribution in [1.82, 2.24) is 19.4 Å². The minimum absolute atomic E-state index is 0.0452. The number of ether oxygens (including phenoxy) is 2. The van der Waals surface area contributed by atoms with Crippen molar-refractivity contribution in [3.8, 4) is 0 Å². The van der Waals surface area contributed by atoms with Gasteiger partial charge in [-0.05, 0) is 88.6 Å². The number of aromatic nitrogens is 3. The number of fused-ring (bicyclic) bond motifs is 1. The van der Waals surface area contributed by atoms with Gasteiger partial charge < -0.3 is 30.4 Å². The number of imidazole rings is 1. The van der Waals surface area contributed by atoms with Gasteiger partial charge in [0.15, 0.2) is 0 Å². The van der Waals surface area contributed by atoms with Crippen molar-refractivity contribution >= 4 is 40.7 Å². The molecule has 0 saturated heterocycles. The van der Waals surface area contributed by atoms with E-state index in [9.17, 15) is 24.0 Å². The van der Waals surface area contributed by atoms with Crippen LogP contribution in [0.15, 0.2) is 53.5 Å². The molecular weight excluding hydrogens is 568 g/mol. The van der Waals surface area contributed by atoms with E-state index < -0.39 is 41.2 Å². The summed E-state index contributed by atoms with van der Waals surface area (Å²) in [5, 5.41) is 5.00. The molecule has 0 spiro atoms. The molecule has 1 aliphatic rings. The Balaban J connectivity index is 1.63. The number of alkyl carbamates (subject to hydrolysis) is 1. The van der Waals surface area contributed by atoms with Crippen molar-refractivity contribution in [2.75, 3.05) is 12.4 Å². The fraction of sp³-hybridized carbons (Fsp3) is 0.419. The average molecular weight is 607 g/mol. The minimum atomic E-state index is -1.07. The van der Waals surface area contributed by atoms with Crippen LogP contribution < -0.4 is 21.9 Å². The summed E-state index contributed by atoms with van der Waals surface area (Å²) in [5.74, 6) is -0.413. The smallest absolute Gasteiger partial charge is 0.420 e. The van der Waals surface area contributed by atoms with Crippen molar-refractivity contribution in [3.05, 3.63) is 70.4 Å². The van der Waals surface area contributed by atoms with Gasteiger partial charge >= 0.3 is 12.2 Å². The van der Waals surface area contributed by atoms with Crippen molar-refractivity contribution in [3.63, 3.8) is 0 Å². The van der Waals surface area contributed by atoms with Gasteiger partial charge in [0.05, 0.1) is 24.7 Å². The van der Waals surface area contributed by atoms with Crippen molar-refractivity contribution in [1.29, 1.82) is 0 Å². The first-order chi connectivity index (χ1) is 20.9. The lowest BCUT2D eigenvalue weighted by molar-refractivity contribution is -0.118. The molecule has 0 radical (unpaired) electrons. The summed E-state index contributed by atoms with van der Waals surface area (Å²) >= 11 is 0. The Bertz CT molecular complexity index is 1650. The summed E-state index contributed by atoms with van der Waals surface area (Å²) in [6.07, 6.45) is 6.22. The van der Waals surface area contributed by atoms with Gasteiger partial charge in [0, 0.05) is 6.20 Å². The number of hydrogen-bond donors (Lipinski definition) is 3. The highest BCUT2D eigenvalue weighted by molar-refractivity contribution is 5.96. The van der Waals surface area contributed by atoms with E-state index in [2.05, 4.69) is 15.4 Å². The highest BCUT2D eigenvalue weighted by Crippen LogP contribution is 2.34. The second-order valence-corrected chi connectivity index (χ2v) is 11.7. The Morgan fingerprint density at radius 3 is 2.57 bits per heavy atom. The van der Waals surface area contributed by atoms with Crippen LogP contribution in [0.3, 0.4) is 0 Å². The molecule has 44 heavy (non-hydrogen) atoms. The molecular formula is C31H38N6O7. The zero-order chi connectivity index (χ0) is 32.0. The standard InChI is InChI=1S/C31H38N6O7/c1-31(2,3)44-30(42)37-23-12-7-9-20(17-19-14-15-19)26(23)35-25(37)18-36-16-8-11-22(28(36)40)33-27(39)21(34-29(41)43-4)10-5-6-13-24(32)38/h6-9,11-13,16,19,21H,5,10,14-15,17-18H2,1-4H3,(H2,32,38)(H,33,39)(H,34,41)/b13-6+/t21-/m0/s1. The van der Waals surface area contributed by atoms with Gasteiger partial charge in [0.2, 0.25) is 11.8 Å². The zero-order valence-corrected chi connectivity index (χ0v) is 25.3. The Labute approximate surface area is 254 Å². The topological polar surface area (TPSA) is 177 Å². The van der Waals surface area contributed by atoms with Gasteiger partial charge in [-0.15, -0.1) is 0 Å². The van der Waals surface area contributed by atoms with Crippen molar-refractivity contribution in [2.45, 2.75) is 71.1 Å². The zero-order valence-electron chi connectivity index (χ0n) is 25.3. The fourth-order valence-corrected chi connectivity index (χ4v) is 4.68. The highest BCUT2D eigenvalue weighted by Gasteiger charge is 2.27. The SMILES string of the molecule is COC(=O)N[C@@H](CC/C=C/C(N)=O)C(=O)Nc1cccn(Cc2nc3c(CC4CC4)cccc3n2C(=O)OC(C)(C)C)c1=O. The summed E-state index contributed by atoms with van der Waals surface area (Å²) in [4.78, 5) is 67.7. The van der Waals surface area contributed by atoms with Gasteiger partial charge in [0.25, 0.3) is 5.56 Å². The number of hydrogen-bond acceptors (Lipinski definition) is 8. The third-order valence-corrected chi connectivity index (χ3v) is 6.91. The number of carbonyl (C=O) groups excluding carboxylic acids is 4. The maximum atomic E-state index is 13.5. The van der Waals surface area contributed by atoms with Gasteiger partial charge in [-0.2, -0.15) is 0 Å². The predicted octanol–water partition coefficient (Wildman–Crippen LogP) is 3.47. The van der Waals surface area contributed by atoms with E-state index in [-0.39, 0.29) is 25.1 Å². The first-order valence-corrected chi connectivity index (χ1v) is 14.4. The van der Waals surface area contributed by atoms with E-state index in [4.69, 9.17) is 15.5 Å². The quantitative estimate of drug-likeness (QED) is 0.278. The molecule has 4 rings (SSSR count). The number of methoxy groups -OCH3 is 1. The van der Waals surface area contributed by atoms with Crippen LogP contribution in [0, 0.1) is 5.92 Å². The molecule has 0 aliphatic heterocycles. The van der Waals surface area contributed by atoms with Crippen LogP contribution >= 0.6 is 0 Å². The van der Waals surface area contributed by atoms with Gasteiger partial charge in [-0.3, -0.25) is 14.4 Å². The fourth-order valence-electron chi connectivity index (χ4n) is 4.68. The molecule has 1 atom stereocenters. The highest BCUT2D eigenvalue weighted by atomic mass is 16.6. The van der Waals surface area contributed by atoms with E-state index >= 15 is 0 Å². The largest absolute Gasteiger partial charge is 0.453 e. The molecule has 0 bridgehead atoms. The van der Waals surface area contributed by atoms with E-state index in [0.717, 1.165) is 38.0 Å². The third-order valence-electron chi connectivity index (χ3n) is 6.91. The molecule has 1 aliphatic carbocycles. The number of allylic oxidation sites excluding steroid dienone is 1. The molecule has 1 aromatic carbocycles. The number of rotatable bonds is 11. The van der Waals surface area contributed by atoms with Crippen LogP contribution in [-0.2, 0) is 32.0 Å². The van der Waals surface area contributed by atoms with Crippen LogP contribution in [0.4, 0.5) is 15.3 Å². The lowest BCUT2D eigenvalue weighted by Gasteiger charge is -2.20. The molecule has 3 aromatic rings. The molecule has 1 saturated carbocycles. The third kappa shape index (κ3) is 8.33. The maximum absolute atomic E-state index is 13.5. The number of amides is 3. The number of carbonyl (C=O) groups is 4. The van der Waals surface area contributed by atoms with Crippen molar-refractivity contribution in [2.24, 2.45) is 11.7 Å². The molecule has 3 amide bonds. The molecule has 0 unspecified atom stereocenters. The number of benzene rings is 1. The van der Waals surface area contributed by atoms with E-state index in [0.29, 0.717) is 22.8 Å². The van der Waals surface area contributed by atoms with Crippen molar-refractivity contribution < 1.29 is 28.7 Å². The van der Waals surface area contributed by atoms with Crippen LogP contribution in [-0.4, -0.2) is 56.9 Å². The van der Waals surface area contributed by atoms with E-state index in [1.54, 1.807) is 32.9 Å². The molecule has 13 heteroatoms. The molecule has 2 heterocycles. The van der Waals surface area contributed by atoms with Gasteiger partial charge in [-0.25, -0.2) is 19.1 Å². The molecule has 4 N–H and O–H groups in total. The molecule has 1 fully saturated rings. The van der Waals surface area contributed by atoms with Crippen LogP contribution in [0.25, 0.3) is 11.0 Å². The number of para-hydroxylation sites is 1. The Morgan fingerprint density at radius 2 is 1.91 bits per heavy atom. The van der Waals surface area contributed by atoms with E-state index in [1.165, 1.54) is 27.5 Å². The normalized spacial score (nSPS) is 13.9. The Hall–Kier alpha value is -4.94. The number of nitrogens with one attached hydrogen (secondary N) is 2. The second-order valence-electron chi connectivity index (χ2n) is 11.7. The van der Waals surface area contributed by atoms with Crippen LogP contribution in [0.5, 0.6) is 0 Å². The minimum Gasteiger partial charge on any atom is -0.453 e. The predicted molar refractivity (Wildman–Crippen MR) is 163 cm³/mol. The summed E-state index contributed by atoms with van der Waals surface area (Å²) in [6.45, 7) is 5.24. The first-order valence-electron chi connectivity index (χ1n) is 14.4. The summed E-state index contributed by atoms with van der Waals surface area (Å²) in [6, 6.07) is 7.63. The molecule has 234 valence electrons. The Morgan fingerprint density at radius 1 is 1.16 bits per heavy atom. The number of nitrogens with two attached hydrogens (primary N) is 1. The summed E-state index contributed by atoms with van der Waals surface area (Å²) in [7, 11) is 1.16. The number of primary amides is 1. The first kappa shape index (κ1) is 32.0. The second kappa shape index (κ2) is 13.6. The van der Waals surface area contributed by atoms with Crippen LogP contribution in [0.2, 0.25) is 0 Å². The maximum Gasteiger partial charge on any atom is 0.420 e. The van der Waals surface area contributed by atoms with E-state index in [1.807, 2.05) is 12.1 Å². The number of pyridine rings is 1. The van der Waals surface area contributed by atoms with Crippen LogP contribution in [0.1, 0.15) is 57.8 Å². The van der Waals surface area contributed by atoms with Gasteiger partial charge in [0.1, 0.15) is 23.2 Å². The summed E-state index contributed by atoms with van der Waals surface area (Å²) in [5.41, 5.74) is 6.04. The van der Waals surface area contributed by atoms with Gasteiger partial charge in [-0.1, -0.05) is 18.2 Å². The lowest BCUT2D eigenvalue weighted by atomic mass is 10.1. The summed E-state index contributed by atoms with van der Waals surface area (Å²) < 4.78 is 13.0.